The van der Waals surface area contributed by atoms with Crippen LogP contribution in [-0.4, -0.2) is 35.2 Å². The Bertz CT molecular complexity index is 482. The molecule has 7 heteroatoms. The first kappa shape index (κ1) is 16.0. The molecule has 1 rings (SSSR count). The van der Waals surface area contributed by atoms with Crippen LogP contribution < -0.4 is 5.73 Å². The Morgan fingerprint density at radius 3 is 2.60 bits per heavy atom. The Morgan fingerprint density at radius 1 is 1.45 bits per heavy atom. The van der Waals surface area contributed by atoms with Crippen molar-refractivity contribution in [2.24, 2.45) is 5.92 Å². The molecule has 0 aromatic carbocycles. The third-order valence-electron chi connectivity index (χ3n) is 2.80. The number of esters is 2. The zero-order chi connectivity index (χ0) is 15.3. The Hall–Kier alpha value is -2.05. The minimum absolute atomic E-state index is 0.0181. The summed E-state index contributed by atoms with van der Waals surface area (Å²) in [5, 5.41) is 0. The lowest BCUT2D eigenvalue weighted by atomic mass is 10.0. The number of nitrogens with zero attached hydrogens (tertiary/aromatic N) is 2. The molecule has 0 saturated carbocycles. The van der Waals surface area contributed by atoms with Crippen molar-refractivity contribution in [3.8, 4) is 0 Å². The predicted molar refractivity (Wildman–Crippen MR) is 73.1 cm³/mol. The van der Waals surface area contributed by atoms with Crippen LogP contribution in [0, 0.1) is 5.92 Å². The van der Waals surface area contributed by atoms with Crippen molar-refractivity contribution in [2.45, 2.75) is 33.2 Å². The van der Waals surface area contributed by atoms with Gasteiger partial charge in [-0.15, -0.1) is 0 Å². The minimum Gasteiger partial charge on any atom is -0.467 e. The van der Waals surface area contributed by atoms with Crippen LogP contribution in [0.5, 0.6) is 0 Å². The normalized spacial score (nSPS) is 12.2. The Labute approximate surface area is 118 Å². The maximum absolute atomic E-state index is 11.9. The molecule has 0 aliphatic rings. The van der Waals surface area contributed by atoms with E-state index in [4.69, 9.17) is 15.2 Å². The predicted octanol–water partition coefficient (Wildman–Crippen LogP) is 1.40. The smallest absolute Gasteiger partial charge is 0.360 e. The van der Waals surface area contributed by atoms with Crippen LogP contribution in [0.1, 0.15) is 43.7 Å². The average Bonchev–Trinajstić information content (AvgIpc) is 2.77. The van der Waals surface area contributed by atoms with E-state index >= 15 is 0 Å². The summed E-state index contributed by atoms with van der Waals surface area (Å²) in [5.74, 6) is -0.651. The molecule has 0 aliphatic carbocycles. The fourth-order valence-corrected chi connectivity index (χ4v) is 1.88. The first-order valence-electron chi connectivity index (χ1n) is 6.49. The molecule has 0 fully saturated rings. The molecule has 0 amide bonds. The highest BCUT2D eigenvalue weighted by Gasteiger charge is 2.27. The van der Waals surface area contributed by atoms with Crippen molar-refractivity contribution >= 4 is 17.8 Å². The highest BCUT2D eigenvalue weighted by molar-refractivity contribution is 5.92. The fourth-order valence-electron chi connectivity index (χ4n) is 1.88. The van der Waals surface area contributed by atoms with Crippen molar-refractivity contribution in [2.75, 3.05) is 19.5 Å². The summed E-state index contributed by atoms with van der Waals surface area (Å²) in [6, 6.07) is -0.601. The quantitative estimate of drug-likeness (QED) is 0.793. The van der Waals surface area contributed by atoms with Crippen LogP contribution in [0.15, 0.2) is 6.33 Å². The molecule has 7 nitrogen and oxygen atoms in total. The molecule has 1 aromatic rings. The van der Waals surface area contributed by atoms with Gasteiger partial charge in [0.2, 0.25) is 0 Å². The number of carbonyl (C=O) groups excluding carboxylic acids is 2. The van der Waals surface area contributed by atoms with E-state index in [9.17, 15) is 9.59 Å². The molecule has 0 bridgehead atoms. The Balaban J connectivity index is 3.09. The second-order valence-corrected chi connectivity index (χ2v) is 4.77. The van der Waals surface area contributed by atoms with Crippen molar-refractivity contribution in [3.05, 3.63) is 12.0 Å². The number of hydrogen-bond donors (Lipinski definition) is 1. The maximum atomic E-state index is 11.9. The lowest BCUT2D eigenvalue weighted by Gasteiger charge is -2.19. The number of hydrogen-bond acceptors (Lipinski definition) is 6. The molecular weight excluding hydrogens is 262 g/mol. The molecular formula is C13H21N3O4. The van der Waals surface area contributed by atoms with Crippen molar-refractivity contribution < 1.29 is 19.1 Å². The third-order valence-corrected chi connectivity index (χ3v) is 2.80. The molecule has 112 valence electrons. The minimum atomic E-state index is -0.601. The van der Waals surface area contributed by atoms with Gasteiger partial charge in [-0.3, -0.25) is 0 Å². The standard InChI is InChI=1S/C13H21N3O4/c1-5-20-13(18)10-11(14)16(7-15-10)9(6-8(2)3)12(17)19-4/h7-9H,5-6,14H2,1-4H3. The molecule has 1 heterocycles. The molecule has 0 aliphatic heterocycles. The number of anilines is 1. The molecule has 0 radical (unpaired) electrons. The fraction of sp³-hybridized carbons (Fsp3) is 0.615. The summed E-state index contributed by atoms with van der Waals surface area (Å²) in [6.45, 7) is 5.89. The van der Waals surface area contributed by atoms with Crippen molar-refractivity contribution in [1.29, 1.82) is 0 Å². The number of nitrogens with two attached hydrogens (primary N) is 1. The van der Waals surface area contributed by atoms with Gasteiger partial charge in [0.15, 0.2) is 5.69 Å². The number of aromatic nitrogens is 2. The van der Waals surface area contributed by atoms with Crippen molar-refractivity contribution in [1.82, 2.24) is 9.55 Å². The summed E-state index contributed by atoms with van der Waals surface area (Å²) < 4.78 is 11.1. The third kappa shape index (κ3) is 3.49. The highest BCUT2D eigenvalue weighted by atomic mass is 16.5. The molecule has 0 saturated heterocycles. The van der Waals surface area contributed by atoms with Crippen LogP contribution in [-0.2, 0) is 14.3 Å². The van der Waals surface area contributed by atoms with Gasteiger partial charge in [-0.25, -0.2) is 14.6 Å². The van der Waals surface area contributed by atoms with Gasteiger partial charge in [-0.1, -0.05) is 13.8 Å². The van der Waals surface area contributed by atoms with E-state index in [-0.39, 0.29) is 24.0 Å². The lowest BCUT2D eigenvalue weighted by molar-refractivity contribution is -0.145. The summed E-state index contributed by atoms with van der Waals surface area (Å²) in [4.78, 5) is 27.5. The van der Waals surface area contributed by atoms with E-state index in [1.807, 2.05) is 13.8 Å². The lowest BCUT2D eigenvalue weighted by Crippen LogP contribution is -2.23. The molecule has 1 aromatic heterocycles. The van der Waals surface area contributed by atoms with Gasteiger partial charge in [0.1, 0.15) is 11.9 Å². The molecule has 0 spiro atoms. The Kier molecular flexibility index (Phi) is 5.54. The van der Waals surface area contributed by atoms with Crippen molar-refractivity contribution in [3.63, 3.8) is 0 Å². The van der Waals surface area contributed by atoms with E-state index in [2.05, 4.69) is 4.98 Å². The highest BCUT2D eigenvalue weighted by Crippen LogP contribution is 2.24. The van der Waals surface area contributed by atoms with E-state index in [0.717, 1.165) is 0 Å². The van der Waals surface area contributed by atoms with Gasteiger partial charge in [0.05, 0.1) is 20.0 Å². The molecule has 1 unspecified atom stereocenters. The SMILES string of the molecule is CCOC(=O)c1ncn(C(CC(C)C)C(=O)OC)c1N. The topological polar surface area (TPSA) is 96.4 Å². The monoisotopic (exact) mass is 283 g/mol. The van der Waals surface area contributed by atoms with Gasteiger partial charge in [-0.2, -0.15) is 0 Å². The van der Waals surface area contributed by atoms with Gasteiger partial charge in [-0.05, 0) is 19.3 Å². The molecule has 2 N–H and O–H groups in total. The maximum Gasteiger partial charge on any atom is 0.360 e. The second kappa shape index (κ2) is 6.93. The second-order valence-electron chi connectivity index (χ2n) is 4.77. The van der Waals surface area contributed by atoms with Crippen LogP contribution >= 0.6 is 0 Å². The number of ether oxygens (including phenoxy) is 2. The average molecular weight is 283 g/mol. The summed E-state index contributed by atoms with van der Waals surface area (Å²) in [6.07, 6.45) is 1.90. The zero-order valence-corrected chi connectivity index (χ0v) is 12.3. The Morgan fingerprint density at radius 2 is 2.10 bits per heavy atom. The first-order valence-corrected chi connectivity index (χ1v) is 6.49. The van der Waals surface area contributed by atoms with E-state index < -0.39 is 18.0 Å². The van der Waals surface area contributed by atoms with Crippen LogP contribution in [0.3, 0.4) is 0 Å². The van der Waals surface area contributed by atoms with Crippen LogP contribution in [0.4, 0.5) is 5.82 Å². The number of methoxy groups -OCH3 is 1. The van der Waals surface area contributed by atoms with Crippen LogP contribution in [0.25, 0.3) is 0 Å². The number of imidazole rings is 1. The number of rotatable bonds is 6. The summed E-state index contributed by atoms with van der Waals surface area (Å²) >= 11 is 0. The zero-order valence-electron chi connectivity index (χ0n) is 12.3. The molecule has 20 heavy (non-hydrogen) atoms. The van der Waals surface area contributed by atoms with E-state index in [1.165, 1.54) is 18.0 Å². The largest absolute Gasteiger partial charge is 0.467 e. The number of carbonyl (C=O) groups is 2. The van der Waals surface area contributed by atoms with Gasteiger partial charge < -0.3 is 19.8 Å². The van der Waals surface area contributed by atoms with Gasteiger partial charge in [0.25, 0.3) is 0 Å². The van der Waals surface area contributed by atoms with Gasteiger partial charge in [0, 0.05) is 0 Å². The summed E-state index contributed by atoms with van der Waals surface area (Å²) in [7, 11) is 1.31. The summed E-state index contributed by atoms with van der Waals surface area (Å²) in [5.41, 5.74) is 5.91. The van der Waals surface area contributed by atoms with Gasteiger partial charge >= 0.3 is 11.9 Å². The first-order chi connectivity index (χ1) is 9.42. The van der Waals surface area contributed by atoms with E-state index in [1.54, 1.807) is 6.92 Å². The molecule has 1 atom stereocenters. The van der Waals surface area contributed by atoms with Crippen LogP contribution in [0.2, 0.25) is 0 Å². The number of nitrogen functional groups attached to an aromatic ring is 1. The van der Waals surface area contributed by atoms with E-state index in [0.29, 0.717) is 6.42 Å².